The molecule has 3 heteroatoms. The van der Waals surface area contributed by atoms with Crippen molar-refractivity contribution in [1.82, 2.24) is 4.90 Å². The Kier molecular flexibility index (Phi) is 5.73. The Bertz CT molecular complexity index is 190. The van der Waals surface area contributed by atoms with E-state index >= 15 is 0 Å². The van der Waals surface area contributed by atoms with Crippen molar-refractivity contribution in [2.45, 2.75) is 33.1 Å². The molecular weight excluding hydrogens is 200 g/mol. The van der Waals surface area contributed by atoms with Crippen LogP contribution in [0.2, 0.25) is 0 Å². The predicted molar refractivity (Wildman–Crippen MR) is 68.5 cm³/mol. The van der Waals surface area contributed by atoms with Gasteiger partial charge in [-0.3, -0.25) is 0 Å². The zero-order valence-corrected chi connectivity index (χ0v) is 11.2. The van der Waals surface area contributed by atoms with Crippen LogP contribution >= 0.6 is 0 Å². The molecule has 1 atom stereocenters. The maximum Gasteiger partial charge on any atom is 0.0472 e. The monoisotopic (exact) mass is 228 g/mol. The summed E-state index contributed by atoms with van der Waals surface area (Å²) in [4.78, 5) is 2.45. The van der Waals surface area contributed by atoms with Gasteiger partial charge < -0.3 is 15.4 Å². The molecule has 2 N–H and O–H groups in total. The summed E-state index contributed by atoms with van der Waals surface area (Å²) < 4.78 is 5.44. The van der Waals surface area contributed by atoms with Gasteiger partial charge in [0, 0.05) is 26.3 Å². The predicted octanol–water partition coefficient (Wildman–Crippen LogP) is 1.72. The van der Waals surface area contributed by atoms with Crippen molar-refractivity contribution in [3.63, 3.8) is 0 Å². The lowest BCUT2D eigenvalue weighted by atomic mass is 9.79. The summed E-state index contributed by atoms with van der Waals surface area (Å²) in [5.41, 5.74) is 6.27. The van der Waals surface area contributed by atoms with Crippen LogP contribution in [0.15, 0.2) is 0 Å². The van der Waals surface area contributed by atoms with E-state index in [1.807, 2.05) is 0 Å². The van der Waals surface area contributed by atoms with Crippen LogP contribution in [0.3, 0.4) is 0 Å². The minimum Gasteiger partial charge on any atom is -0.381 e. The average molecular weight is 228 g/mol. The van der Waals surface area contributed by atoms with Crippen molar-refractivity contribution in [3.8, 4) is 0 Å². The largest absolute Gasteiger partial charge is 0.381 e. The highest BCUT2D eigenvalue weighted by Gasteiger charge is 2.32. The Hall–Kier alpha value is -0.120. The maximum atomic E-state index is 5.97. The molecule has 1 aliphatic rings. The van der Waals surface area contributed by atoms with Crippen molar-refractivity contribution < 1.29 is 4.74 Å². The average Bonchev–Trinajstić information content (AvgIpc) is 2.29. The van der Waals surface area contributed by atoms with Gasteiger partial charge in [-0.25, -0.2) is 0 Å². The zero-order chi connectivity index (χ0) is 12.0. The van der Waals surface area contributed by atoms with Crippen LogP contribution in [0.4, 0.5) is 0 Å². The smallest absolute Gasteiger partial charge is 0.0472 e. The standard InChI is InChI=1S/C13H28N2O/c1-4-12(2)9-15(3)11-13(10-14)5-7-16-8-6-13/h12H,4-11,14H2,1-3H3. The second-order valence-electron chi connectivity index (χ2n) is 5.53. The molecule has 0 bridgehead atoms. The van der Waals surface area contributed by atoms with Crippen LogP contribution < -0.4 is 5.73 Å². The summed E-state index contributed by atoms with van der Waals surface area (Å²) >= 11 is 0. The lowest BCUT2D eigenvalue weighted by Crippen LogP contribution is -2.45. The van der Waals surface area contributed by atoms with E-state index in [1.54, 1.807) is 0 Å². The molecule has 0 amide bonds. The van der Waals surface area contributed by atoms with Crippen LogP contribution in [0.25, 0.3) is 0 Å². The summed E-state index contributed by atoms with van der Waals surface area (Å²) in [6.07, 6.45) is 3.49. The van der Waals surface area contributed by atoms with Gasteiger partial charge in [0.05, 0.1) is 0 Å². The molecule has 3 nitrogen and oxygen atoms in total. The first kappa shape index (κ1) is 13.9. The Labute approximate surface area is 100 Å². The Balaban J connectivity index is 2.42. The molecule has 1 unspecified atom stereocenters. The SMILES string of the molecule is CCC(C)CN(C)CC1(CN)CCOCC1. The van der Waals surface area contributed by atoms with E-state index in [2.05, 4.69) is 25.8 Å². The van der Waals surface area contributed by atoms with E-state index in [-0.39, 0.29) is 0 Å². The summed E-state index contributed by atoms with van der Waals surface area (Å²) in [6, 6.07) is 0. The third-order valence-corrected chi connectivity index (χ3v) is 3.91. The van der Waals surface area contributed by atoms with E-state index in [4.69, 9.17) is 10.5 Å². The van der Waals surface area contributed by atoms with E-state index in [1.165, 1.54) is 13.0 Å². The quantitative estimate of drug-likeness (QED) is 0.752. The minimum atomic E-state index is 0.306. The molecule has 1 heterocycles. The lowest BCUT2D eigenvalue weighted by molar-refractivity contribution is 0.00210. The van der Waals surface area contributed by atoms with Gasteiger partial charge in [0.1, 0.15) is 0 Å². The molecule has 0 spiro atoms. The van der Waals surface area contributed by atoms with Crippen molar-refractivity contribution in [1.29, 1.82) is 0 Å². The molecule has 0 aliphatic carbocycles. The number of nitrogens with two attached hydrogens (primary N) is 1. The molecule has 96 valence electrons. The first-order chi connectivity index (χ1) is 7.62. The first-order valence-electron chi connectivity index (χ1n) is 6.58. The molecule has 1 aliphatic heterocycles. The normalized spacial score (nSPS) is 22.3. The molecule has 0 aromatic rings. The van der Waals surface area contributed by atoms with Crippen molar-refractivity contribution in [2.24, 2.45) is 17.1 Å². The molecule has 1 rings (SSSR count). The summed E-state index contributed by atoms with van der Waals surface area (Å²) in [5.74, 6) is 0.777. The molecule has 1 saturated heterocycles. The van der Waals surface area contributed by atoms with Gasteiger partial charge in [0.15, 0.2) is 0 Å². The summed E-state index contributed by atoms with van der Waals surface area (Å²) in [7, 11) is 2.22. The highest BCUT2D eigenvalue weighted by atomic mass is 16.5. The molecule has 0 saturated carbocycles. The fourth-order valence-electron chi connectivity index (χ4n) is 2.53. The van der Waals surface area contributed by atoms with Crippen molar-refractivity contribution >= 4 is 0 Å². The molecule has 1 fully saturated rings. The minimum absolute atomic E-state index is 0.306. The molecule has 0 aromatic carbocycles. The second kappa shape index (κ2) is 6.58. The molecule has 0 aromatic heterocycles. The van der Waals surface area contributed by atoms with Gasteiger partial charge in [-0.15, -0.1) is 0 Å². The van der Waals surface area contributed by atoms with Crippen molar-refractivity contribution in [2.75, 3.05) is 39.9 Å². The van der Waals surface area contributed by atoms with E-state index in [9.17, 15) is 0 Å². The lowest BCUT2D eigenvalue weighted by Gasteiger charge is -2.39. The van der Waals surface area contributed by atoms with Crippen LogP contribution in [-0.2, 0) is 4.74 Å². The van der Waals surface area contributed by atoms with Gasteiger partial charge in [0.25, 0.3) is 0 Å². The third-order valence-electron chi connectivity index (χ3n) is 3.91. The fraction of sp³-hybridized carbons (Fsp3) is 1.00. The van der Waals surface area contributed by atoms with Crippen molar-refractivity contribution in [3.05, 3.63) is 0 Å². The van der Waals surface area contributed by atoms with Crippen LogP contribution in [0.5, 0.6) is 0 Å². The van der Waals surface area contributed by atoms with Crippen LogP contribution in [-0.4, -0.2) is 44.8 Å². The Morgan fingerprint density at radius 1 is 1.38 bits per heavy atom. The van der Waals surface area contributed by atoms with Crippen LogP contribution in [0.1, 0.15) is 33.1 Å². The van der Waals surface area contributed by atoms with Gasteiger partial charge in [-0.05, 0) is 37.8 Å². The number of ether oxygens (including phenoxy) is 1. The third kappa shape index (κ3) is 4.04. The number of hydrogen-bond acceptors (Lipinski definition) is 3. The second-order valence-corrected chi connectivity index (χ2v) is 5.53. The maximum absolute atomic E-state index is 5.97. The van der Waals surface area contributed by atoms with E-state index in [0.717, 1.165) is 45.1 Å². The summed E-state index contributed by atoms with van der Waals surface area (Å²) in [6.45, 7) is 9.43. The molecule has 16 heavy (non-hydrogen) atoms. The highest BCUT2D eigenvalue weighted by molar-refractivity contribution is 4.85. The van der Waals surface area contributed by atoms with Gasteiger partial charge >= 0.3 is 0 Å². The van der Waals surface area contributed by atoms with Crippen LogP contribution in [0, 0.1) is 11.3 Å². The topological polar surface area (TPSA) is 38.5 Å². The highest BCUT2D eigenvalue weighted by Crippen LogP contribution is 2.30. The Morgan fingerprint density at radius 2 is 2.00 bits per heavy atom. The number of rotatable bonds is 6. The zero-order valence-electron chi connectivity index (χ0n) is 11.2. The summed E-state index contributed by atoms with van der Waals surface area (Å²) in [5, 5.41) is 0. The Morgan fingerprint density at radius 3 is 2.50 bits per heavy atom. The fourth-order valence-corrected chi connectivity index (χ4v) is 2.53. The van der Waals surface area contributed by atoms with Gasteiger partial charge in [-0.1, -0.05) is 20.3 Å². The molecule has 0 radical (unpaired) electrons. The van der Waals surface area contributed by atoms with Gasteiger partial charge in [-0.2, -0.15) is 0 Å². The van der Waals surface area contributed by atoms with E-state index < -0.39 is 0 Å². The van der Waals surface area contributed by atoms with E-state index in [0.29, 0.717) is 5.41 Å². The first-order valence-corrected chi connectivity index (χ1v) is 6.58. The molecular formula is C13H28N2O. The van der Waals surface area contributed by atoms with Gasteiger partial charge in [0.2, 0.25) is 0 Å². The number of nitrogens with zero attached hydrogens (tertiary/aromatic N) is 1. The number of hydrogen-bond donors (Lipinski definition) is 1.